The number of likely N-dealkylation sites (tertiary alicyclic amines) is 1. The van der Waals surface area contributed by atoms with Crippen molar-refractivity contribution < 1.29 is 22.7 Å². The largest absolute Gasteiger partial charge is 0.404 e. The Labute approximate surface area is 146 Å². The monoisotopic (exact) mass is 358 g/mol. The van der Waals surface area contributed by atoms with Gasteiger partial charge in [0.1, 0.15) is 0 Å². The SMILES string of the molecule is COCCCN(C)C(=O)C1(C(F)(F)F)CCN(Cc2ccccc2)C1. The molecule has 0 aliphatic carbocycles. The number of hydrogen-bond donors (Lipinski definition) is 0. The molecule has 1 aliphatic heterocycles. The van der Waals surface area contributed by atoms with Crippen LogP contribution in [0.1, 0.15) is 18.4 Å². The standard InChI is InChI=1S/C18H25F3N2O2/c1-22(10-6-12-25-2)16(24)17(18(19,20)21)9-11-23(14-17)13-15-7-4-3-5-8-15/h3-5,7-8H,6,9-14H2,1-2H3. The first-order valence-electron chi connectivity index (χ1n) is 8.38. The van der Waals surface area contributed by atoms with Gasteiger partial charge in [0.05, 0.1) is 0 Å². The number of carbonyl (C=O) groups excluding carboxylic acids is 1. The van der Waals surface area contributed by atoms with Crippen molar-refractivity contribution in [1.82, 2.24) is 9.80 Å². The van der Waals surface area contributed by atoms with E-state index in [1.807, 2.05) is 30.3 Å². The molecular weight excluding hydrogens is 333 g/mol. The highest BCUT2D eigenvalue weighted by atomic mass is 19.4. The molecule has 1 fully saturated rings. The summed E-state index contributed by atoms with van der Waals surface area (Å²) in [6, 6.07) is 9.35. The van der Waals surface area contributed by atoms with E-state index in [9.17, 15) is 18.0 Å². The number of hydrogen-bond acceptors (Lipinski definition) is 3. The highest BCUT2D eigenvalue weighted by Gasteiger charge is 2.63. The Balaban J connectivity index is 2.10. The average Bonchev–Trinajstić information content (AvgIpc) is 3.00. The van der Waals surface area contributed by atoms with Crippen molar-refractivity contribution in [3.8, 4) is 0 Å². The lowest BCUT2D eigenvalue weighted by molar-refractivity contribution is -0.223. The Hall–Kier alpha value is -1.60. The van der Waals surface area contributed by atoms with Crippen LogP contribution in [-0.2, 0) is 16.1 Å². The third-order valence-corrected chi connectivity index (χ3v) is 4.74. The summed E-state index contributed by atoms with van der Waals surface area (Å²) in [5.41, 5.74) is -1.37. The topological polar surface area (TPSA) is 32.8 Å². The zero-order chi connectivity index (χ0) is 18.5. The van der Waals surface area contributed by atoms with Gasteiger partial charge in [0.25, 0.3) is 0 Å². The van der Waals surface area contributed by atoms with Crippen molar-refractivity contribution in [3.63, 3.8) is 0 Å². The molecule has 4 nitrogen and oxygen atoms in total. The first kappa shape index (κ1) is 19.7. The summed E-state index contributed by atoms with van der Waals surface area (Å²) in [5, 5.41) is 0. The Bertz CT molecular complexity index is 565. The van der Waals surface area contributed by atoms with E-state index in [1.54, 1.807) is 4.90 Å². The van der Waals surface area contributed by atoms with E-state index in [-0.39, 0.29) is 26.1 Å². The summed E-state index contributed by atoms with van der Waals surface area (Å²) in [4.78, 5) is 15.5. The second-order valence-corrected chi connectivity index (χ2v) is 6.60. The molecule has 7 heteroatoms. The molecule has 2 rings (SSSR count). The summed E-state index contributed by atoms with van der Waals surface area (Å²) in [6.45, 7) is 1.05. The van der Waals surface area contributed by atoms with Gasteiger partial charge >= 0.3 is 6.18 Å². The molecule has 140 valence electrons. The molecule has 1 saturated heterocycles. The highest BCUT2D eigenvalue weighted by molar-refractivity contribution is 5.84. The Morgan fingerprint density at radius 1 is 1.32 bits per heavy atom. The van der Waals surface area contributed by atoms with E-state index in [4.69, 9.17) is 4.74 Å². The molecule has 0 spiro atoms. The molecule has 1 atom stereocenters. The number of ether oxygens (including phenoxy) is 1. The highest BCUT2D eigenvalue weighted by Crippen LogP contribution is 2.47. The van der Waals surface area contributed by atoms with Crippen molar-refractivity contribution in [1.29, 1.82) is 0 Å². The number of carbonyl (C=O) groups is 1. The van der Waals surface area contributed by atoms with Crippen LogP contribution in [0.15, 0.2) is 30.3 Å². The number of methoxy groups -OCH3 is 1. The molecule has 1 aromatic carbocycles. The number of benzene rings is 1. The average molecular weight is 358 g/mol. The van der Waals surface area contributed by atoms with Gasteiger partial charge < -0.3 is 9.64 Å². The molecule has 0 N–H and O–H groups in total. The van der Waals surface area contributed by atoms with Crippen LogP contribution < -0.4 is 0 Å². The van der Waals surface area contributed by atoms with Crippen LogP contribution >= 0.6 is 0 Å². The predicted molar refractivity (Wildman–Crippen MR) is 89.0 cm³/mol. The minimum absolute atomic E-state index is 0.198. The molecule has 1 aromatic rings. The fraction of sp³-hybridized carbons (Fsp3) is 0.611. The normalized spacial score (nSPS) is 21.5. The smallest absolute Gasteiger partial charge is 0.385 e. The van der Waals surface area contributed by atoms with Crippen LogP contribution in [0.3, 0.4) is 0 Å². The van der Waals surface area contributed by atoms with E-state index in [0.717, 1.165) is 5.56 Å². The third kappa shape index (κ3) is 4.52. The van der Waals surface area contributed by atoms with Gasteiger partial charge in [0, 0.05) is 40.4 Å². The van der Waals surface area contributed by atoms with Gasteiger partial charge in [-0.25, -0.2) is 0 Å². The Morgan fingerprint density at radius 2 is 2.00 bits per heavy atom. The molecule has 0 aromatic heterocycles. The van der Waals surface area contributed by atoms with Gasteiger partial charge in [0.2, 0.25) is 5.91 Å². The first-order chi connectivity index (χ1) is 11.8. The molecule has 1 aliphatic rings. The van der Waals surface area contributed by atoms with Crippen molar-refractivity contribution in [2.45, 2.75) is 25.6 Å². The molecule has 1 unspecified atom stereocenters. The zero-order valence-corrected chi connectivity index (χ0v) is 14.7. The molecule has 0 saturated carbocycles. The fourth-order valence-electron chi connectivity index (χ4n) is 3.31. The van der Waals surface area contributed by atoms with Crippen LogP contribution in [0.4, 0.5) is 13.2 Å². The number of rotatable bonds is 7. The Kier molecular flexibility index (Phi) is 6.46. The fourth-order valence-corrected chi connectivity index (χ4v) is 3.31. The lowest BCUT2D eigenvalue weighted by atomic mass is 9.84. The molecule has 1 amide bonds. The number of halogens is 3. The molecule has 25 heavy (non-hydrogen) atoms. The number of nitrogens with zero attached hydrogens (tertiary/aromatic N) is 2. The summed E-state index contributed by atoms with van der Waals surface area (Å²) in [7, 11) is 2.96. The minimum Gasteiger partial charge on any atom is -0.385 e. The summed E-state index contributed by atoms with van der Waals surface area (Å²) >= 11 is 0. The van der Waals surface area contributed by atoms with E-state index in [2.05, 4.69) is 0 Å². The van der Waals surface area contributed by atoms with E-state index < -0.39 is 17.5 Å². The Morgan fingerprint density at radius 3 is 2.60 bits per heavy atom. The second kappa shape index (κ2) is 8.19. The zero-order valence-electron chi connectivity index (χ0n) is 14.7. The first-order valence-corrected chi connectivity index (χ1v) is 8.38. The number of amides is 1. The van der Waals surface area contributed by atoms with E-state index in [1.165, 1.54) is 19.1 Å². The van der Waals surface area contributed by atoms with Gasteiger partial charge in [-0.05, 0) is 24.9 Å². The maximum absolute atomic E-state index is 13.8. The summed E-state index contributed by atoms with van der Waals surface area (Å²) in [5.74, 6) is -0.841. The molecular formula is C18H25F3N2O2. The third-order valence-electron chi connectivity index (χ3n) is 4.74. The molecule has 0 bridgehead atoms. The van der Waals surface area contributed by atoms with Crippen LogP contribution in [0.25, 0.3) is 0 Å². The molecule has 0 radical (unpaired) electrons. The van der Waals surface area contributed by atoms with Crippen molar-refractivity contribution in [2.75, 3.05) is 40.4 Å². The van der Waals surface area contributed by atoms with E-state index in [0.29, 0.717) is 19.6 Å². The quantitative estimate of drug-likeness (QED) is 0.703. The predicted octanol–water partition coefficient (Wildman–Crippen LogP) is 2.94. The van der Waals surface area contributed by atoms with Crippen LogP contribution in [0.2, 0.25) is 0 Å². The van der Waals surface area contributed by atoms with Crippen molar-refractivity contribution in [3.05, 3.63) is 35.9 Å². The van der Waals surface area contributed by atoms with Crippen molar-refractivity contribution >= 4 is 5.91 Å². The number of alkyl halides is 3. The lowest BCUT2D eigenvalue weighted by Crippen LogP contribution is -2.53. The lowest BCUT2D eigenvalue weighted by Gasteiger charge is -2.34. The maximum Gasteiger partial charge on any atom is 0.404 e. The van der Waals surface area contributed by atoms with Gasteiger partial charge in [-0.1, -0.05) is 30.3 Å². The van der Waals surface area contributed by atoms with Gasteiger partial charge in [-0.2, -0.15) is 13.2 Å². The van der Waals surface area contributed by atoms with Crippen LogP contribution in [0, 0.1) is 5.41 Å². The minimum atomic E-state index is -4.56. The van der Waals surface area contributed by atoms with Crippen LogP contribution in [0.5, 0.6) is 0 Å². The summed E-state index contributed by atoms with van der Waals surface area (Å²) in [6.07, 6.45) is -4.25. The molecule has 1 heterocycles. The van der Waals surface area contributed by atoms with Crippen molar-refractivity contribution in [2.24, 2.45) is 5.41 Å². The van der Waals surface area contributed by atoms with E-state index >= 15 is 0 Å². The second-order valence-electron chi connectivity index (χ2n) is 6.60. The van der Waals surface area contributed by atoms with Gasteiger partial charge in [0.15, 0.2) is 5.41 Å². The maximum atomic E-state index is 13.8. The van der Waals surface area contributed by atoms with Crippen LogP contribution in [-0.4, -0.2) is 62.3 Å². The van der Waals surface area contributed by atoms with Gasteiger partial charge in [-0.3, -0.25) is 9.69 Å². The van der Waals surface area contributed by atoms with Gasteiger partial charge in [-0.15, -0.1) is 0 Å². The summed E-state index contributed by atoms with van der Waals surface area (Å²) < 4.78 is 46.4.